The average Bonchev–Trinajstić information content (AvgIpc) is 3.29. The third-order valence-electron chi connectivity index (χ3n) is 4.26. The summed E-state index contributed by atoms with van der Waals surface area (Å²) in [5.74, 6) is 0.111. The minimum Gasteiger partial charge on any atom is -0.358 e. The molecule has 2 aromatic heterocycles. The van der Waals surface area contributed by atoms with Crippen molar-refractivity contribution in [2.24, 2.45) is 0 Å². The molecule has 2 N–H and O–H groups in total. The van der Waals surface area contributed by atoms with Gasteiger partial charge in [-0.2, -0.15) is 0 Å². The molecule has 0 aliphatic carbocycles. The van der Waals surface area contributed by atoms with Crippen molar-refractivity contribution in [2.45, 2.75) is 17.8 Å². The molecular weight excluding hydrogens is 395 g/mol. The number of thioether (sulfide) groups is 1. The molecule has 28 heavy (non-hydrogen) atoms. The number of benzene rings is 2. The highest BCUT2D eigenvalue weighted by Crippen LogP contribution is 2.28. The molecule has 0 saturated carbocycles. The van der Waals surface area contributed by atoms with Crippen LogP contribution >= 0.6 is 23.1 Å². The predicted molar refractivity (Wildman–Crippen MR) is 112 cm³/mol. The van der Waals surface area contributed by atoms with E-state index < -0.39 is 0 Å². The van der Waals surface area contributed by atoms with Crippen LogP contribution < -0.4 is 5.32 Å². The van der Waals surface area contributed by atoms with E-state index in [-0.39, 0.29) is 11.6 Å². The maximum absolute atomic E-state index is 12.9. The number of nitrogens with one attached hydrogen (secondary N) is 2. The van der Waals surface area contributed by atoms with E-state index in [1.54, 1.807) is 12.1 Å². The summed E-state index contributed by atoms with van der Waals surface area (Å²) in [7, 11) is 0. The van der Waals surface area contributed by atoms with E-state index in [2.05, 4.69) is 20.5 Å². The number of nitrogens with zero attached hydrogens (tertiary/aromatic N) is 2. The number of fused-ring (bicyclic) bond motifs is 1. The van der Waals surface area contributed by atoms with Gasteiger partial charge < -0.3 is 10.3 Å². The molecule has 0 aliphatic rings. The Morgan fingerprint density at radius 1 is 1.18 bits per heavy atom. The second-order valence-corrected chi connectivity index (χ2v) is 8.44. The molecule has 2 heterocycles. The maximum atomic E-state index is 12.9. The Morgan fingerprint density at radius 3 is 2.79 bits per heavy atom. The Hall–Kier alpha value is -2.71. The topological polar surface area (TPSA) is 70.7 Å². The van der Waals surface area contributed by atoms with E-state index >= 15 is 0 Å². The fourth-order valence-corrected chi connectivity index (χ4v) is 4.57. The van der Waals surface area contributed by atoms with E-state index in [1.807, 2.05) is 31.2 Å². The first-order valence-electron chi connectivity index (χ1n) is 8.65. The van der Waals surface area contributed by atoms with Crippen molar-refractivity contribution in [3.05, 3.63) is 71.2 Å². The van der Waals surface area contributed by atoms with Gasteiger partial charge in [-0.05, 0) is 30.7 Å². The Balaban J connectivity index is 1.37. The molecule has 8 heteroatoms. The van der Waals surface area contributed by atoms with Gasteiger partial charge in [0.1, 0.15) is 5.82 Å². The molecule has 4 aromatic rings. The molecule has 142 valence electrons. The summed E-state index contributed by atoms with van der Waals surface area (Å²) in [6, 6.07) is 14.1. The third-order valence-corrected chi connectivity index (χ3v) is 6.28. The molecule has 4 rings (SSSR count). The lowest BCUT2D eigenvalue weighted by Gasteiger charge is -2.01. The third kappa shape index (κ3) is 4.07. The van der Waals surface area contributed by atoms with Gasteiger partial charge in [0.2, 0.25) is 5.13 Å². The molecule has 0 unspecified atom stereocenters. The van der Waals surface area contributed by atoms with Crippen molar-refractivity contribution >= 4 is 44.9 Å². The van der Waals surface area contributed by atoms with Crippen molar-refractivity contribution < 1.29 is 9.18 Å². The van der Waals surface area contributed by atoms with Crippen LogP contribution in [0.25, 0.3) is 10.9 Å². The molecule has 5 nitrogen and oxygen atoms in total. The summed E-state index contributed by atoms with van der Waals surface area (Å²) < 4.78 is 13.7. The Labute approximate surface area is 169 Å². The highest BCUT2D eigenvalue weighted by molar-refractivity contribution is 8.01. The molecule has 0 aliphatic heterocycles. The lowest BCUT2D eigenvalue weighted by atomic mass is 10.1. The molecule has 0 saturated heterocycles. The van der Waals surface area contributed by atoms with Crippen molar-refractivity contribution in [1.82, 2.24) is 15.2 Å². The summed E-state index contributed by atoms with van der Waals surface area (Å²) >= 11 is 2.78. The number of carbonyl (C=O) groups excluding carboxylic acids is 1. The lowest BCUT2D eigenvalue weighted by molar-refractivity contribution is 0.102. The van der Waals surface area contributed by atoms with Gasteiger partial charge in [0, 0.05) is 28.7 Å². The summed E-state index contributed by atoms with van der Waals surface area (Å²) in [5.41, 5.74) is 3.54. The number of hydrogen-bond acceptors (Lipinski definition) is 6. The van der Waals surface area contributed by atoms with Crippen LogP contribution in [-0.4, -0.2) is 26.7 Å². The molecule has 0 fully saturated rings. The van der Waals surface area contributed by atoms with Crippen LogP contribution in [0.4, 0.5) is 9.52 Å². The zero-order chi connectivity index (χ0) is 19.5. The molecule has 0 bridgehead atoms. The Morgan fingerprint density at radius 2 is 1.96 bits per heavy atom. The number of para-hydroxylation sites is 1. The standard InChI is InChI=1S/C20H17FN4OS2/c1-12-18(15-4-2-3-5-16(15)23-12)17(26)11-27-20-25-24-19(28-20)22-10-13-6-8-14(21)9-7-13/h2-9,23H,10-11H2,1H3,(H,22,24). The van der Waals surface area contributed by atoms with E-state index in [0.717, 1.165) is 32.1 Å². The van der Waals surface area contributed by atoms with Crippen molar-refractivity contribution in [3.63, 3.8) is 0 Å². The normalized spacial score (nSPS) is 11.1. The van der Waals surface area contributed by atoms with Crippen molar-refractivity contribution in [2.75, 3.05) is 11.1 Å². The molecule has 0 amide bonds. The minimum absolute atomic E-state index is 0.0657. The summed E-state index contributed by atoms with van der Waals surface area (Å²) in [5, 5.41) is 13.0. The lowest BCUT2D eigenvalue weighted by Crippen LogP contribution is -2.03. The van der Waals surface area contributed by atoms with Crippen LogP contribution in [0.15, 0.2) is 52.9 Å². The highest BCUT2D eigenvalue weighted by atomic mass is 32.2. The quantitative estimate of drug-likeness (QED) is 0.328. The van der Waals surface area contributed by atoms with E-state index in [0.29, 0.717) is 17.4 Å². The Bertz CT molecular complexity index is 1120. The van der Waals surface area contributed by atoms with Gasteiger partial charge in [-0.3, -0.25) is 4.79 Å². The first-order chi connectivity index (χ1) is 13.6. The van der Waals surface area contributed by atoms with Crippen LogP contribution in [0.2, 0.25) is 0 Å². The number of aromatic amines is 1. The summed E-state index contributed by atoms with van der Waals surface area (Å²) in [4.78, 5) is 16.0. The van der Waals surface area contributed by atoms with E-state index in [9.17, 15) is 9.18 Å². The van der Waals surface area contributed by atoms with Gasteiger partial charge in [-0.25, -0.2) is 4.39 Å². The van der Waals surface area contributed by atoms with Gasteiger partial charge in [-0.1, -0.05) is 53.4 Å². The molecule has 0 radical (unpaired) electrons. The number of carbonyl (C=O) groups is 1. The van der Waals surface area contributed by atoms with E-state index in [4.69, 9.17) is 0 Å². The molecule has 2 aromatic carbocycles. The van der Waals surface area contributed by atoms with Crippen LogP contribution in [0.5, 0.6) is 0 Å². The van der Waals surface area contributed by atoms with Crippen LogP contribution in [0.3, 0.4) is 0 Å². The fourth-order valence-electron chi connectivity index (χ4n) is 2.95. The number of Topliss-reactive ketones (excluding diaryl/α,β-unsaturated/α-hetero) is 1. The summed E-state index contributed by atoms with van der Waals surface area (Å²) in [6.07, 6.45) is 0. The van der Waals surface area contributed by atoms with Gasteiger partial charge in [0.05, 0.1) is 5.75 Å². The number of anilines is 1. The monoisotopic (exact) mass is 412 g/mol. The molecule has 0 spiro atoms. The van der Waals surface area contributed by atoms with Crippen LogP contribution in [0.1, 0.15) is 21.6 Å². The SMILES string of the molecule is Cc1[nH]c2ccccc2c1C(=O)CSc1nnc(NCc2ccc(F)cc2)s1. The Kier molecular flexibility index (Phi) is 5.40. The second kappa shape index (κ2) is 8.12. The van der Waals surface area contributed by atoms with Gasteiger partial charge in [0.25, 0.3) is 0 Å². The maximum Gasteiger partial charge on any atom is 0.206 e. The van der Waals surface area contributed by atoms with Crippen molar-refractivity contribution in [3.8, 4) is 0 Å². The fraction of sp³-hybridized carbons (Fsp3) is 0.150. The number of hydrogen-bond donors (Lipinski definition) is 2. The van der Waals surface area contributed by atoms with Crippen LogP contribution in [0, 0.1) is 12.7 Å². The number of ketones is 1. The van der Waals surface area contributed by atoms with E-state index in [1.165, 1.54) is 35.2 Å². The first-order valence-corrected chi connectivity index (χ1v) is 10.5. The molecular formula is C20H17FN4OS2. The predicted octanol–water partition coefficient (Wildman–Crippen LogP) is 5.05. The van der Waals surface area contributed by atoms with Crippen LogP contribution in [-0.2, 0) is 6.54 Å². The zero-order valence-electron chi connectivity index (χ0n) is 15.0. The molecule has 0 atom stereocenters. The minimum atomic E-state index is -0.256. The second-order valence-electron chi connectivity index (χ2n) is 6.24. The van der Waals surface area contributed by atoms with Gasteiger partial charge in [0.15, 0.2) is 10.1 Å². The summed E-state index contributed by atoms with van der Waals surface area (Å²) in [6.45, 7) is 2.45. The largest absolute Gasteiger partial charge is 0.358 e. The van der Waals surface area contributed by atoms with Crippen molar-refractivity contribution in [1.29, 1.82) is 0 Å². The zero-order valence-corrected chi connectivity index (χ0v) is 16.7. The number of rotatable bonds is 7. The number of aryl methyl sites for hydroxylation is 1. The number of H-pyrrole nitrogens is 1. The smallest absolute Gasteiger partial charge is 0.206 e. The first kappa shape index (κ1) is 18.6. The number of halogens is 1. The number of aromatic nitrogens is 3. The average molecular weight is 413 g/mol. The van der Waals surface area contributed by atoms with Gasteiger partial charge >= 0.3 is 0 Å². The van der Waals surface area contributed by atoms with Gasteiger partial charge in [-0.15, -0.1) is 10.2 Å². The highest BCUT2D eigenvalue weighted by Gasteiger charge is 2.17.